The van der Waals surface area contributed by atoms with E-state index in [-0.39, 0.29) is 0 Å². The van der Waals surface area contributed by atoms with E-state index in [0.29, 0.717) is 16.5 Å². The van der Waals surface area contributed by atoms with Gasteiger partial charge in [-0.2, -0.15) is 0 Å². The third kappa shape index (κ3) is 2.51. The van der Waals surface area contributed by atoms with Crippen LogP contribution in [0.5, 0.6) is 0 Å². The van der Waals surface area contributed by atoms with Crippen LogP contribution in [0.4, 0.5) is 0 Å². The molecule has 1 saturated heterocycles. The van der Waals surface area contributed by atoms with Crippen LogP contribution >= 0.6 is 23.2 Å². The van der Waals surface area contributed by atoms with Gasteiger partial charge in [0.25, 0.3) is 0 Å². The summed E-state index contributed by atoms with van der Waals surface area (Å²) in [7, 11) is 1.89. The lowest BCUT2D eigenvalue weighted by molar-refractivity contribution is 0.196. The first-order valence-electron chi connectivity index (χ1n) is 5.40. The monoisotopic (exact) mass is 262 g/mol. The van der Waals surface area contributed by atoms with Crippen molar-refractivity contribution >= 4 is 23.2 Å². The van der Waals surface area contributed by atoms with Crippen LogP contribution in [0.25, 0.3) is 0 Å². The van der Waals surface area contributed by atoms with Crippen LogP contribution in [0.1, 0.15) is 12.6 Å². The van der Waals surface area contributed by atoms with E-state index in [1.54, 1.807) is 0 Å². The summed E-state index contributed by atoms with van der Waals surface area (Å²) >= 11 is 12.0. The molecular formula is C10H16Cl2N4. The van der Waals surface area contributed by atoms with E-state index >= 15 is 0 Å². The fourth-order valence-electron chi connectivity index (χ4n) is 2.01. The molecule has 2 heterocycles. The highest BCUT2D eigenvalue weighted by molar-refractivity contribution is 6.32. The van der Waals surface area contributed by atoms with Crippen LogP contribution in [0.3, 0.4) is 0 Å². The largest absolute Gasteiger partial charge is 0.319 e. The minimum absolute atomic E-state index is 0.447. The fourth-order valence-corrected chi connectivity index (χ4v) is 2.51. The molecule has 0 bridgehead atoms. The smallest absolute Gasteiger partial charge is 0.204 e. The minimum Gasteiger partial charge on any atom is -0.319 e. The molecule has 1 unspecified atom stereocenters. The number of hydrogen-bond acceptors (Lipinski definition) is 3. The number of nitrogens with zero attached hydrogens (tertiary/aromatic N) is 3. The second-order valence-electron chi connectivity index (χ2n) is 4.27. The van der Waals surface area contributed by atoms with E-state index in [2.05, 4.69) is 22.1 Å². The summed E-state index contributed by atoms with van der Waals surface area (Å²) in [5.41, 5.74) is 0.987. The molecule has 1 aromatic heterocycles. The molecule has 0 aromatic carbocycles. The summed E-state index contributed by atoms with van der Waals surface area (Å²) in [5.74, 6) is 0. The van der Waals surface area contributed by atoms with E-state index in [1.165, 1.54) is 0 Å². The Morgan fingerprint density at radius 1 is 1.50 bits per heavy atom. The van der Waals surface area contributed by atoms with Crippen molar-refractivity contribution in [1.29, 1.82) is 0 Å². The second-order valence-corrected chi connectivity index (χ2v) is 4.96. The van der Waals surface area contributed by atoms with Crippen LogP contribution in [0, 0.1) is 0 Å². The number of rotatable bonds is 2. The molecule has 1 N–H and O–H groups in total. The van der Waals surface area contributed by atoms with Gasteiger partial charge in [0.05, 0.1) is 5.69 Å². The van der Waals surface area contributed by atoms with E-state index in [0.717, 1.165) is 31.9 Å². The molecule has 16 heavy (non-hydrogen) atoms. The maximum atomic E-state index is 6.05. The van der Waals surface area contributed by atoms with Crippen molar-refractivity contribution in [2.45, 2.75) is 19.5 Å². The molecule has 1 aliphatic heterocycles. The van der Waals surface area contributed by atoms with Gasteiger partial charge in [-0.3, -0.25) is 4.90 Å². The van der Waals surface area contributed by atoms with Gasteiger partial charge in [0, 0.05) is 39.3 Å². The van der Waals surface area contributed by atoms with Gasteiger partial charge in [-0.1, -0.05) is 11.6 Å². The maximum absolute atomic E-state index is 6.05. The Balaban J connectivity index is 2.08. The van der Waals surface area contributed by atoms with Crippen molar-refractivity contribution in [3.8, 4) is 0 Å². The summed E-state index contributed by atoms with van der Waals surface area (Å²) in [6.45, 7) is 6.07. The normalized spacial score (nSPS) is 22.6. The molecule has 0 aliphatic carbocycles. The Hall–Kier alpha value is -0.290. The minimum atomic E-state index is 0.447. The Labute approximate surface area is 106 Å². The zero-order chi connectivity index (χ0) is 11.7. The SMILES string of the molecule is CC1CN(Cc2c(Cl)nc(Cl)n2C)CCN1. The van der Waals surface area contributed by atoms with Crippen LogP contribution in [-0.4, -0.2) is 40.1 Å². The number of nitrogens with one attached hydrogen (secondary N) is 1. The summed E-state index contributed by atoms with van der Waals surface area (Å²) in [6.07, 6.45) is 0. The third-order valence-electron chi connectivity index (χ3n) is 2.94. The van der Waals surface area contributed by atoms with Crippen molar-refractivity contribution in [3.05, 3.63) is 16.1 Å². The van der Waals surface area contributed by atoms with Crippen LogP contribution in [0.15, 0.2) is 0 Å². The van der Waals surface area contributed by atoms with E-state index in [4.69, 9.17) is 23.2 Å². The van der Waals surface area contributed by atoms with Crippen LogP contribution in [0.2, 0.25) is 10.4 Å². The summed E-state index contributed by atoms with van der Waals surface area (Å²) in [6, 6.07) is 0.524. The van der Waals surface area contributed by atoms with E-state index in [1.807, 2.05) is 11.6 Å². The van der Waals surface area contributed by atoms with Gasteiger partial charge in [0.2, 0.25) is 5.28 Å². The average Bonchev–Trinajstić information content (AvgIpc) is 2.45. The lowest BCUT2D eigenvalue weighted by Crippen LogP contribution is -2.48. The van der Waals surface area contributed by atoms with Crippen molar-refractivity contribution in [2.24, 2.45) is 7.05 Å². The molecule has 4 nitrogen and oxygen atoms in total. The molecule has 1 aromatic rings. The molecule has 0 spiro atoms. The number of hydrogen-bond donors (Lipinski definition) is 1. The van der Waals surface area contributed by atoms with E-state index in [9.17, 15) is 0 Å². The first kappa shape index (κ1) is 12.2. The standard InChI is InChI=1S/C10H16Cl2N4/c1-7-5-16(4-3-13-7)6-8-9(11)14-10(12)15(8)2/h7,13H,3-6H2,1-2H3. The zero-order valence-electron chi connectivity index (χ0n) is 9.50. The van der Waals surface area contributed by atoms with E-state index < -0.39 is 0 Å². The highest BCUT2D eigenvalue weighted by atomic mass is 35.5. The number of aromatic nitrogens is 2. The number of imidazole rings is 1. The predicted molar refractivity (Wildman–Crippen MR) is 66.0 cm³/mol. The quantitative estimate of drug-likeness (QED) is 0.878. The van der Waals surface area contributed by atoms with Crippen LogP contribution in [-0.2, 0) is 13.6 Å². The van der Waals surface area contributed by atoms with Crippen molar-refractivity contribution in [3.63, 3.8) is 0 Å². The molecule has 1 fully saturated rings. The van der Waals surface area contributed by atoms with Gasteiger partial charge >= 0.3 is 0 Å². The highest BCUT2D eigenvalue weighted by Crippen LogP contribution is 2.21. The molecule has 0 saturated carbocycles. The lowest BCUT2D eigenvalue weighted by Gasteiger charge is -2.31. The first-order valence-corrected chi connectivity index (χ1v) is 6.16. The van der Waals surface area contributed by atoms with Crippen molar-refractivity contribution in [2.75, 3.05) is 19.6 Å². The van der Waals surface area contributed by atoms with Gasteiger partial charge in [-0.05, 0) is 18.5 Å². The van der Waals surface area contributed by atoms with Gasteiger partial charge in [0.1, 0.15) is 0 Å². The maximum Gasteiger partial charge on any atom is 0.204 e. The number of piperazine rings is 1. The van der Waals surface area contributed by atoms with Gasteiger partial charge in [-0.25, -0.2) is 4.98 Å². The second kappa shape index (κ2) is 4.92. The predicted octanol–water partition coefficient (Wildman–Crippen LogP) is 1.52. The van der Waals surface area contributed by atoms with Crippen molar-refractivity contribution < 1.29 is 0 Å². The molecule has 1 aliphatic rings. The molecule has 90 valence electrons. The average molecular weight is 263 g/mol. The molecule has 6 heteroatoms. The Morgan fingerprint density at radius 2 is 2.25 bits per heavy atom. The Bertz CT molecular complexity index is 377. The Kier molecular flexibility index (Phi) is 3.74. The third-order valence-corrected chi connectivity index (χ3v) is 3.58. The lowest BCUT2D eigenvalue weighted by atomic mass is 10.2. The van der Waals surface area contributed by atoms with Gasteiger partial charge < -0.3 is 9.88 Å². The summed E-state index contributed by atoms with van der Waals surface area (Å²) in [5, 5.41) is 4.37. The van der Waals surface area contributed by atoms with Crippen LogP contribution < -0.4 is 5.32 Å². The van der Waals surface area contributed by atoms with Crippen molar-refractivity contribution in [1.82, 2.24) is 19.8 Å². The van der Waals surface area contributed by atoms with Gasteiger partial charge in [-0.15, -0.1) is 0 Å². The molecular weight excluding hydrogens is 247 g/mol. The Morgan fingerprint density at radius 3 is 2.81 bits per heavy atom. The summed E-state index contributed by atoms with van der Waals surface area (Å²) in [4.78, 5) is 6.41. The molecule has 1 atom stereocenters. The van der Waals surface area contributed by atoms with Gasteiger partial charge in [0.15, 0.2) is 5.15 Å². The molecule has 2 rings (SSSR count). The highest BCUT2D eigenvalue weighted by Gasteiger charge is 2.19. The summed E-state index contributed by atoms with van der Waals surface area (Å²) < 4.78 is 1.84. The topological polar surface area (TPSA) is 33.1 Å². The zero-order valence-corrected chi connectivity index (χ0v) is 11.0. The number of halogens is 2. The fraction of sp³-hybridized carbons (Fsp3) is 0.700. The molecule has 0 radical (unpaired) electrons. The molecule has 0 amide bonds. The first-order chi connectivity index (χ1) is 7.58.